The number of likely N-dealkylation sites (tertiary alicyclic amines) is 1. The number of nitrogens with zero attached hydrogens (tertiary/aromatic N) is 1. The van der Waals surface area contributed by atoms with E-state index >= 15 is 0 Å². The van der Waals surface area contributed by atoms with Crippen LogP contribution in [0.3, 0.4) is 0 Å². The Hall–Kier alpha value is -0.0800. The van der Waals surface area contributed by atoms with Crippen LogP contribution in [0.5, 0.6) is 0 Å². The second kappa shape index (κ2) is 2.67. The summed E-state index contributed by atoms with van der Waals surface area (Å²) in [4.78, 5) is 2.42. The highest BCUT2D eigenvalue weighted by molar-refractivity contribution is 4.85. The molecular formula is C7H16N2. The second-order valence-corrected chi connectivity index (χ2v) is 2.97. The molecule has 2 heteroatoms. The largest absolute Gasteiger partial charge is 0.325 e. The molecule has 1 aliphatic heterocycles. The van der Waals surface area contributed by atoms with Gasteiger partial charge in [-0.2, -0.15) is 0 Å². The van der Waals surface area contributed by atoms with Crippen molar-refractivity contribution in [2.75, 3.05) is 13.1 Å². The molecule has 0 amide bonds. The van der Waals surface area contributed by atoms with Gasteiger partial charge in [-0.3, -0.25) is 4.90 Å². The Balaban J connectivity index is 2.15. The molecule has 1 heterocycles. The standard InChI is InChI=1S/C7H16N2/c1-3-6(2)9-4-7(8)5-9/h6-7H,3-5,8H2,1-2H3. The van der Waals surface area contributed by atoms with E-state index in [-0.39, 0.29) is 0 Å². The van der Waals surface area contributed by atoms with Crippen LogP contribution < -0.4 is 5.73 Å². The van der Waals surface area contributed by atoms with Gasteiger partial charge in [-0.1, -0.05) is 6.92 Å². The van der Waals surface area contributed by atoms with Gasteiger partial charge in [0.2, 0.25) is 0 Å². The molecule has 1 saturated heterocycles. The van der Waals surface area contributed by atoms with Crippen molar-refractivity contribution in [2.24, 2.45) is 5.73 Å². The van der Waals surface area contributed by atoms with Gasteiger partial charge >= 0.3 is 0 Å². The van der Waals surface area contributed by atoms with Crippen LogP contribution in [-0.2, 0) is 0 Å². The minimum atomic E-state index is 0.457. The van der Waals surface area contributed by atoms with Crippen molar-refractivity contribution in [1.82, 2.24) is 4.90 Å². The third-order valence-corrected chi connectivity index (χ3v) is 2.15. The average molecular weight is 128 g/mol. The third kappa shape index (κ3) is 1.43. The normalized spacial score (nSPS) is 25.7. The summed E-state index contributed by atoms with van der Waals surface area (Å²) in [5.41, 5.74) is 5.62. The van der Waals surface area contributed by atoms with Crippen molar-refractivity contribution in [1.29, 1.82) is 0 Å². The first-order valence-electron chi connectivity index (χ1n) is 3.73. The number of nitrogens with two attached hydrogens (primary N) is 1. The zero-order valence-electron chi connectivity index (χ0n) is 6.30. The molecule has 54 valence electrons. The molecule has 0 aromatic rings. The summed E-state index contributed by atoms with van der Waals surface area (Å²) in [6.07, 6.45) is 1.24. The van der Waals surface area contributed by atoms with Crippen LogP contribution in [0.1, 0.15) is 20.3 Å². The van der Waals surface area contributed by atoms with E-state index in [1.165, 1.54) is 6.42 Å². The highest BCUT2D eigenvalue weighted by Gasteiger charge is 2.25. The van der Waals surface area contributed by atoms with Gasteiger partial charge in [-0.15, -0.1) is 0 Å². The Kier molecular flexibility index (Phi) is 2.09. The molecule has 2 nitrogen and oxygen atoms in total. The van der Waals surface area contributed by atoms with Crippen LogP contribution in [0.2, 0.25) is 0 Å². The van der Waals surface area contributed by atoms with E-state index in [1.807, 2.05) is 0 Å². The summed E-state index contributed by atoms with van der Waals surface area (Å²) >= 11 is 0. The van der Waals surface area contributed by atoms with Crippen LogP contribution in [0.25, 0.3) is 0 Å². The smallest absolute Gasteiger partial charge is 0.0297 e. The van der Waals surface area contributed by atoms with Gasteiger partial charge in [0.1, 0.15) is 0 Å². The zero-order chi connectivity index (χ0) is 6.85. The second-order valence-electron chi connectivity index (χ2n) is 2.97. The molecule has 1 aliphatic rings. The van der Waals surface area contributed by atoms with E-state index in [0.29, 0.717) is 6.04 Å². The quantitative estimate of drug-likeness (QED) is 0.584. The predicted octanol–water partition coefficient (Wildman–Crippen LogP) is 0.428. The lowest BCUT2D eigenvalue weighted by Gasteiger charge is -2.41. The third-order valence-electron chi connectivity index (χ3n) is 2.15. The van der Waals surface area contributed by atoms with Gasteiger partial charge in [0, 0.05) is 25.2 Å². The lowest BCUT2D eigenvalue weighted by Crippen LogP contribution is -2.58. The maximum absolute atomic E-state index is 5.62. The molecule has 0 saturated carbocycles. The molecule has 1 fully saturated rings. The summed E-state index contributed by atoms with van der Waals surface area (Å²) in [5, 5.41) is 0. The lowest BCUT2D eigenvalue weighted by molar-refractivity contribution is 0.101. The SMILES string of the molecule is CCC(C)N1CC(N)C1. The van der Waals surface area contributed by atoms with E-state index in [1.54, 1.807) is 0 Å². The average Bonchev–Trinajstić information content (AvgIpc) is 1.79. The van der Waals surface area contributed by atoms with Gasteiger partial charge in [0.05, 0.1) is 0 Å². The minimum absolute atomic E-state index is 0.457. The van der Waals surface area contributed by atoms with Crippen molar-refractivity contribution >= 4 is 0 Å². The molecule has 9 heavy (non-hydrogen) atoms. The molecule has 1 rings (SSSR count). The summed E-state index contributed by atoms with van der Waals surface area (Å²) in [6, 6.07) is 1.20. The van der Waals surface area contributed by atoms with E-state index < -0.39 is 0 Å². The molecule has 2 N–H and O–H groups in total. The first kappa shape index (κ1) is 7.03. The van der Waals surface area contributed by atoms with Gasteiger partial charge in [-0.05, 0) is 13.3 Å². The summed E-state index contributed by atoms with van der Waals surface area (Å²) in [7, 11) is 0. The Labute approximate surface area is 57.0 Å². The Morgan fingerprint density at radius 2 is 2.22 bits per heavy atom. The Bertz CT molecular complexity index is 86.9. The van der Waals surface area contributed by atoms with Crippen LogP contribution in [0.4, 0.5) is 0 Å². The van der Waals surface area contributed by atoms with Crippen LogP contribution in [-0.4, -0.2) is 30.1 Å². The molecule has 0 bridgehead atoms. The maximum Gasteiger partial charge on any atom is 0.0297 e. The Morgan fingerprint density at radius 1 is 1.67 bits per heavy atom. The van der Waals surface area contributed by atoms with Crippen LogP contribution in [0, 0.1) is 0 Å². The first-order chi connectivity index (χ1) is 4.24. The number of hydrogen-bond donors (Lipinski definition) is 1. The Morgan fingerprint density at radius 3 is 2.56 bits per heavy atom. The molecule has 0 aromatic carbocycles. The minimum Gasteiger partial charge on any atom is -0.325 e. The predicted molar refractivity (Wildman–Crippen MR) is 39.3 cm³/mol. The first-order valence-corrected chi connectivity index (χ1v) is 3.73. The van der Waals surface area contributed by atoms with Crippen molar-refractivity contribution in [2.45, 2.75) is 32.4 Å². The summed E-state index contributed by atoms with van der Waals surface area (Å²) in [5.74, 6) is 0. The molecule has 0 radical (unpaired) electrons. The van der Waals surface area contributed by atoms with Crippen LogP contribution >= 0.6 is 0 Å². The fraction of sp³-hybridized carbons (Fsp3) is 1.00. The lowest BCUT2D eigenvalue weighted by atomic mass is 10.1. The highest BCUT2D eigenvalue weighted by atomic mass is 15.2. The van der Waals surface area contributed by atoms with Gasteiger partial charge in [-0.25, -0.2) is 0 Å². The number of rotatable bonds is 2. The number of hydrogen-bond acceptors (Lipinski definition) is 2. The summed E-state index contributed by atoms with van der Waals surface area (Å²) < 4.78 is 0. The fourth-order valence-electron chi connectivity index (χ4n) is 1.17. The topological polar surface area (TPSA) is 29.3 Å². The van der Waals surface area contributed by atoms with Gasteiger partial charge in [0.15, 0.2) is 0 Å². The van der Waals surface area contributed by atoms with Gasteiger partial charge < -0.3 is 5.73 Å². The maximum atomic E-state index is 5.62. The van der Waals surface area contributed by atoms with Crippen molar-refractivity contribution < 1.29 is 0 Å². The van der Waals surface area contributed by atoms with E-state index in [4.69, 9.17) is 5.73 Å². The van der Waals surface area contributed by atoms with Gasteiger partial charge in [0.25, 0.3) is 0 Å². The van der Waals surface area contributed by atoms with Crippen molar-refractivity contribution in [3.05, 3.63) is 0 Å². The van der Waals surface area contributed by atoms with E-state index in [0.717, 1.165) is 19.1 Å². The highest BCUT2D eigenvalue weighted by Crippen LogP contribution is 2.11. The molecule has 1 atom stereocenters. The fourth-order valence-corrected chi connectivity index (χ4v) is 1.17. The molecule has 0 aromatic heterocycles. The van der Waals surface area contributed by atoms with Crippen molar-refractivity contribution in [3.8, 4) is 0 Å². The summed E-state index contributed by atoms with van der Waals surface area (Å²) in [6.45, 7) is 6.68. The zero-order valence-corrected chi connectivity index (χ0v) is 6.30. The monoisotopic (exact) mass is 128 g/mol. The van der Waals surface area contributed by atoms with E-state index in [9.17, 15) is 0 Å². The van der Waals surface area contributed by atoms with E-state index in [2.05, 4.69) is 18.7 Å². The molecule has 0 aliphatic carbocycles. The molecule has 0 spiro atoms. The molecular weight excluding hydrogens is 112 g/mol. The van der Waals surface area contributed by atoms with Crippen LogP contribution in [0.15, 0.2) is 0 Å². The molecule has 1 unspecified atom stereocenters. The van der Waals surface area contributed by atoms with Crippen molar-refractivity contribution in [3.63, 3.8) is 0 Å².